The number of ether oxygens (including phenoxy) is 1. The Morgan fingerprint density at radius 3 is 2.94 bits per heavy atom. The Hall–Kier alpha value is -1.04. The number of rotatable bonds is 5. The van der Waals surface area contributed by atoms with Gasteiger partial charge in [-0.2, -0.15) is 0 Å². The van der Waals surface area contributed by atoms with Crippen LogP contribution in [0.25, 0.3) is 0 Å². The largest absolute Gasteiger partial charge is 0.378 e. The van der Waals surface area contributed by atoms with Gasteiger partial charge in [-0.15, -0.1) is 0 Å². The molecule has 2 heterocycles. The summed E-state index contributed by atoms with van der Waals surface area (Å²) in [5.74, 6) is 0.883. The molecule has 1 aromatic heterocycles. The summed E-state index contributed by atoms with van der Waals surface area (Å²) < 4.78 is 5.56. The maximum absolute atomic E-state index is 5.56. The van der Waals surface area contributed by atoms with Crippen LogP contribution in [0.15, 0.2) is 18.5 Å². The van der Waals surface area contributed by atoms with Crippen LogP contribution in [0.3, 0.4) is 0 Å². The lowest BCUT2D eigenvalue weighted by Crippen LogP contribution is -2.50. The van der Waals surface area contributed by atoms with Crippen LogP contribution in [0, 0.1) is 0 Å². The van der Waals surface area contributed by atoms with Gasteiger partial charge in [0.15, 0.2) is 0 Å². The molecule has 0 aliphatic carbocycles. The topological polar surface area (TPSA) is 50.3 Å². The van der Waals surface area contributed by atoms with Crippen molar-refractivity contribution in [3.05, 3.63) is 24.3 Å². The van der Waals surface area contributed by atoms with E-state index in [0.717, 1.165) is 38.7 Å². The highest BCUT2D eigenvalue weighted by Gasteiger charge is 2.23. The lowest BCUT2D eigenvalue weighted by atomic mass is 10.2. The maximum Gasteiger partial charge on any atom is 0.142 e. The van der Waals surface area contributed by atoms with Crippen molar-refractivity contribution in [2.75, 3.05) is 26.3 Å². The van der Waals surface area contributed by atoms with Crippen molar-refractivity contribution in [3.63, 3.8) is 0 Å². The Morgan fingerprint density at radius 2 is 2.22 bits per heavy atom. The summed E-state index contributed by atoms with van der Waals surface area (Å²) in [4.78, 5) is 11.0. The molecule has 0 amide bonds. The second kappa shape index (κ2) is 6.78. The molecular formula is C13H22N4O. The number of nitrogens with zero attached hydrogens (tertiary/aromatic N) is 3. The molecule has 1 saturated heterocycles. The standard InChI is InChI=1S/C13H22N4O/c1-11(2)16-8-12-10-18-7-6-17(12)9-13-14-4-3-5-15-13/h3-5,11-12,16H,6-10H2,1-2H3. The fourth-order valence-corrected chi connectivity index (χ4v) is 2.05. The number of nitrogens with one attached hydrogen (secondary N) is 1. The molecular weight excluding hydrogens is 228 g/mol. The van der Waals surface area contributed by atoms with Crippen molar-refractivity contribution >= 4 is 0 Å². The van der Waals surface area contributed by atoms with Gasteiger partial charge in [-0.05, 0) is 6.07 Å². The van der Waals surface area contributed by atoms with Crippen LogP contribution in [-0.4, -0.2) is 53.3 Å². The molecule has 18 heavy (non-hydrogen) atoms. The lowest BCUT2D eigenvalue weighted by molar-refractivity contribution is -0.0125. The van der Waals surface area contributed by atoms with Crippen LogP contribution >= 0.6 is 0 Å². The van der Waals surface area contributed by atoms with E-state index in [1.807, 2.05) is 6.07 Å². The van der Waals surface area contributed by atoms with Gasteiger partial charge in [0, 0.05) is 37.6 Å². The Labute approximate surface area is 109 Å². The second-order valence-corrected chi connectivity index (χ2v) is 4.93. The molecule has 1 aliphatic rings. The van der Waals surface area contributed by atoms with Gasteiger partial charge in [-0.1, -0.05) is 13.8 Å². The third kappa shape index (κ3) is 4.01. The van der Waals surface area contributed by atoms with Gasteiger partial charge in [0.2, 0.25) is 0 Å². The van der Waals surface area contributed by atoms with E-state index in [1.165, 1.54) is 0 Å². The monoisotopic (exact) mass is 250 g/mol. The number of morpholine rings is 1. The van der Waals surface area contributed by atoms with E-state index >= 15 is 0 Å². The van der Waals surface area contributed by atoms with Crippen molar-refractivity contribution in [1.82, 2.24) is 20.2 Å². The summed E-state index contributed by atoms with van der Waals surface area (Å²) >= 11 is 0. The maximum atomic E-state index is 5.56. The van der Waals surface area contributed by atoms with Gasteiger partial charge in [0.05, 0.1) is 19.8 Å². The van der Waals surface area contributed by atoms with Crippen molar-refractivity contribution in [2.24, 2.45) is 0 Å². The summed E-state index contributed by atoms with van der Waals surface area (Å²) in [6, 6.07) is 2.76. The molecule has 0 saturated carbocycles. The van der Waals surface area contributed by atoms with E-state index in [4.69, 9.17) is 4.74 Å². The van der Waals surface area contributed by atoms with E-state index in [9.17, 15) is 0 Å². The predicted molar refractivity (Wildman–Crippen MR) is 70.2 cm³/mol. The van der Waals surface area contributed by atoms with Gasteiger partial charge in [-0.3, -0.25) is 4.90 Å². The fraction of sp³-hybridized carbons (Fsp3) is 0.692. The van der Waals surface area contributed by atoms with Crippen molar-refractivity contribution < 1.29 is 4.74 Å². The molecule has 0 aromatic carbocycles. The first-order valence-corrected chi connectivity index (χ1v) is 6.57. The van der Waals surface area contributed by atoms with E-state index < -0.39 is 0 Å². The molecule has 5 heteroatoms. The molecule has 1 aliphatic heterocycles. The normalized spacial score (nSPS) is 21.4. The molecule has 0 bridgehead atoms. The predicted octanol–water partition coefficient (Wildman–Crippen LogP) is 0.675. The zero-order valence-corrected chi connectivity index (χ0v) is 11.2. The zero-order valence-electron chi connectivity index (χ0n) is 11.2. The van der Waals surface area contributed by atoms with Crippen LogP contribution in [0.2, 0.25) is 0 Å². The van der Waals surface area contributed by atoms with E-state index in [1.54, 1.807) is 12.4 Å². The molecule has 1 atom stereocenters. The smallest absolute Gasteiger partial charge is 0.142 e. The summed E-state index contributed by atoms with van der Waals surface area (Å²) in [6.45, 7) is 8.60. The molecule has 0 spiro atoms. The molecule has 1 aromatic rings. The zero-order chi connectivity index (χ0) is 12.8. The molecule has 0 radical (unpaired) electrons. The van der Waals surface area contributed by atoms with Crippen LogP contribution in [0.1, 0.15) is 19.7 Å². The first-order chi connectivity index (χ1) is 8.75. The first-order valence-electron chi connectivity index (χ1n) is 6.57. The quantitative estimate of drug-likeness (QED) is 0.832. The number of hydrogen-bond donors (Lipinski definition) is 1. The molecule has 100 valence electrons. The van der Waals surface area contributed by atoms with Crippen molar-refractivity contribution in [2.45, 2.75) is 32.5 Å². The van der Waals surface area contributed by atoms with Crippen LogP contribution in [-0.2, 0) is 11.3 Å². The van der Waals surface area contributed by atoms with E-state index in [-0.39, 0.29) is 0 Å². The number of aromatic nitrogens is 2. The second-order valence-electron chi connectivity index (χ2n) is 4.93. The molecule has 1 N–H and O–H groups in total. The fourth-order valence-electron chi connectivity index (χ4n) is 2.05. The van der Waals surface area contributed by atoms with Crippen LogP contribution in [0.5, 0.6) is 0 Å². The van der Waals surface area contributed by atoms with Gasteiger partial charge < -0.3 is 10.1 Å². The SMILES string of the molecule is CC(C)NCC1COCCN1Cc1ncccn1. The first kappa shape index (κ1) is 13.4. The third-order valence-corrected chi connectivity index (χ3v) is 3.07. The van der Waals surface area contributed by atoms with Gasteiger partial charge >= 0.3 is 0 Å². The Kier molecular flexibility index (Phi) is 5.04. The van der Waals surface area contributed by atoms with E-state index in [0.29, 0.717) is 12.1 Å². The minimum atomic E-state index is 0.407. The van der Waals surface area contributed by atoms with Gasteiger partial charge in [-0.25, -0.2) is 9.97 Å². The highest BCUT2D eigenvalue weighted by Crippen LogP contribution is 2.09. The summed E-state index contributed by atoms with van der Waals surface area (Å²) in [6.07, 6.45) is 3.59. The Morgan fingerprint density at radius 1 is 1.44 bits per heavy atom. The highest BCUT2D eigenvalue weighted by atomic mass is 16.5. The van der Waals surface area contributed by atoms with Crippen molar-refractivity contribution in [1.29, 1.82) is 0 Å². The van der Waals surface area contributed by atoms with E-state index in [2.05, 4.69) is 34.0 Å². The van der Waals surface area contributed by atoms with Crippen LogP contribution < -0.4 is 5.32 Å². The number of hydrogen-bond acceptors (Lipinski definition) is 5. The van der Waals surface area contributed by atoms with Gasteiger partial charge in [0.1, 0.15) is 5.82 Å². The van der Waals surface area contributed by atoms with Gasteiger partial charge in [0.25, 0.3) is 0 Å². The minimum Gasteiger partial charge on any atom is -0.378 e. The van der Waals surface area contributed by atoms with Crippen LogP contribution in [0.4, 0.5) is 0 Å². The molecule has 2 rings (SSSR count). The third-order valence-electron chi connectivity index (χ3n) is 3.07. The summed E-state index contributed by atoms with van der Waals surface area (Å²) in [7, 11) is 0. The Balaban J connectivity index is 1.91. The molecule has 1 unspecified atom stereocenters. The molecule has 1 fully saturated rings. The highest BCUT2D eigenvalue weighted by molar-refractivity contribution is 4.90. The summed E-state index contributed by atoms with van der Waals surface area (Å²) in [5.41, 5.74) is 0. The molecule has 5 nitrogen and oxygen atoms in total. The minimum absolute atomic E-state index is 0.407. The average molecular weight is 250 g/mol. The average Bonchev–Trinajstić information content (AvgIpc) is 2.39. The summed E-state index contributed by atoms with van der Waals surface area (Å²) in [5, 5.41) is 3.47. The lowest BCUT2D eigenvalue weighted by Gasteiger charge is -2.35. The Bertz CT molecular complexity index is 344. The van der Waals surface area contributed by atoms with Crippen molar-refractivity contribution in [3.8, 4) is 0 Å².